The van der Waals surface area contributed by atoms with Crippen LogP contribution in [0.25, 0.3) is 22.2 Å². The number of piperidine rings is 1. The zero-order valence-electron chi connectivity index (χ0n) is 16.7. The summed E-state index contributed by atoms with van der Waals surface area (Å²) in [4.78, 5) is 24.5. The Kier molecular flexibility index (Phi) is 4.62. The van der Waals surface area contributed by atoms with Crippen LogP contribution in [0.1, 0.15) is 25.3 Å². The summed E-state index contributed by atoms with van der Waals surface area (Å²) in [5.74, 6) is 1.58. The van der Waals surface area contributed by atoms with Gasteiger partial charge in [-0.15, -0.1) is 0 Å². The lowest BCUT2D eigenvalue weighted by Gasteiger charge is -2.34. The number of imidazole rings is 1. The molecule has 6 heteroatoms. The fraction of sp³-hybridized carbons (Fsp3) is 0.391. The Balaban J connectivity index is 1.40. The lowest BCUT2D eigenvalue weighted by atomic mass is 9.99. The molecule has 3 heterocycles. The zero-order valence-corrected chi connectivity index (χ0v) is 16.7. The van der Waals surface area contributed by atoms with E-state index in [1.165, 1.54) is 0 Å². The topological polar surface area (TPSA) is 61.5 Å². The van der Waals surface area contributed by atoms with Crippen LogP contribution >= 0.6 is 0 Å². The first-order chi connectivity index (χ1) is 14.2. The van der Waals surface area contributed by atoms with Crippen molar-refractivity contribution >= 4 is 17.1 Å². The summed E-state index contributed by atoms with van der Waals surface area (Å²) in [5, 5.41) is 0. The third-order valence-electron chi connectivity index (χ3n) is 6.12. The van der Waals surface area contributed by atoms with Crippen LogP contribution in [0, 0.1) is 5.92 Å². The molecule has 0 aliphatic carbocycles. The highest BCUT2D eigenvalue weighted by Crippen LogP contribution is 2.31. The number of carbonyl (C=O) groups excluding carboxylic acids is 1. The molecule has 2 aliphatic rings. The number of hydrogen-bond donors (Lipinski definition) is 1. The minimum absolute atomic E-state index is 0.137. The number of urea groups is 1. The summed E-state index contributed by atoms with van der Waals surface area (Å²) in [7, 11) is 0. The van der Waals surface area contributed by atoms with Crippen LogP contribution in [0.15, 0.2) is 42.7 Å². The molecule has 2 amide bonds. The molecule has 1 aromatic heterocycles. The summed E-state index contributed by atoms with van der Waals surface area (Å²) in [6.45, 7) is 5.71. The van der Waals surface area contributed by atoms with E-state index in [9.17, 15) is 4.79 Å². The minimum atomic E-state index is 0.137. The third kappa shape index (κ3) is 3.55. The molecule has 0 saturated carbocycles. The van der Waals surface area contributed by atoms with Crippen LogP contribution in [0.5, 0.6) is 5.75 Å². The van der Waals surface area contributed by atoms with E-state index in [1.807, 2.05) is 21.9 Å². The van der Waals surface area contributed by atoms with Crippen molar-refractivity contribution < 1.29 is 9.53 Å². The van der Waals surface area contributed by atoms with E-state index < -0.39 is 0 Å². The van der Waals surface area contributed by atoms with Crippen molar-refractivity contribution in [1.29, 1.82) is 0 Å². The molecular weight excluding hydrogens is 364 g/mol. The van der Waals surface area contributed by atoms with Crippen molar-refractivity contribution in [2.24, 2.45) is 5.92 Å². The molecule has 2 aliphatic heterocycles. The maximum Gasteiger partial charge on any atom is 0.320 e. The van der Waals surface area contributed by atoms with Gasteiger partial charge in [-0.2, -0.15) is 0 Å². The number of aromatic nitrogens is 2. The van der Waals surface area contributed by atoms with Crippen molar-refractivity contribution in [2.75, 3.05) is 26.2 Å². The van der Waals surface area contributed by atoms with Gasteiger partial charge < -0.3 is 19.5 Å². The number of nitrogens with zero attached hydrogens (tertiary/aromatic N) is 3. The first-order valence-corrected chi connectivity index (χ1v) is 10.4. The summed E-state index contributed by atoms with van der Waals surface area (Å²) in [6, 6.07) is 12.6. The number of ether oxygens (including phenoxy) is 1. The van der Waals surface area contributed by atoms with Gasteiger partial charge in [-0.05, 0) is 54.2 Å². The van der Waals surface area contributed by atoms with Crippen molar-refractivity contribution in [2.45, 2.75) is 26.3 Å². The lowest BCUT2D eigenvalue weighted by molar-refractivity contribution is 0.129. The van der Waals surface area contributed by atoms with Crippen LogP contribution in [-0.2, 0) is 6.54 Å². The van der Waals surface area contributed by atoms with Gasteiger partial charge in [0.2, 0.25) is 0 Å². The van der Waals surface area contributed by atoms with Gasteiger partial charge in [-0.25, -0.2) is 9.78 Å². The normalized spacial score (nSPS) is 17.7. The van der Waals surface area contributed by atoms with Crippen LogP contribution < -0.4 is 4.74 Å². The molecule has 5 rings (SSSR count). The molecule has 150 valence electrons. The van der Waals surface area contributed by atoms with Gasteiger partial charge in [0.15, 0.2) is 0 Å². The Bertz CT molecular complexity index is 1040. The number of carbonyl (C=O) groups is 1. The number of hydrogen-bond acceptors (Lipinski definition) is 3. The van der Waals surface area contributed by atoms with Gasteiger partial charge in [-0.3, -0.25) is 0 Å². The van der Waals surface area contributed by atoms with E-state index >= 15 is 0 Å². The quantitative estimate of drug-likeness (QED) is 0.675. The Morgan fingerprint density at radius 3 is 2.72 bits per heavy atom. The molecule has 0 spiro atoms. The van der Waals surface area contributed by atoms with E-state index in [0.29, 0.717) is 25.6 Å². The van der Waals surface area contributed by atoms with E-state index in [0.717, 1.165) is 59.4 Å². The standard InChI is InChI=1S/C23H26N4O2/c1-16-6-8-26(9-7-16)23(28)27-10-11-29-22-5-3-17(12-19(22)14-27)18-2-4-20-21(13-18)25-15-24-20/h2-5,12-13,15-16H,6-11,14H2,1H3,(H,24,25). The number of aromatic amines is 1. The molecule has 0 atom stereocenters. The molecule has 0 unspecified atom stereocenters. The fourth-order valence-corrected chi connectivity index (χ4v) is 4.25. The maximum atomic E-state index is 13.1. The number of H-pyrrole nitrogens is 1. The Labute approximate surface area is 170 Å². The Morgan fingerprint density at radius 1 is 1.07 bits per heavy atom. The van der Waals surface area contributed by atoms with Crippen molar-refractivity contribution in [3.63, 3.8) is 0 Å². The van der Waals surface area contributed by atoms with Gasteiger partial charge in [0.25, 0.3) is 0 Å². The second-order valence-electron chi connectivity index (χ2n) is 8.18. The smallest absolute Gasteiger partial charge is 0.320 e. The molecular formula is C23H26N4O2. The van der Waals surface area contributed by atoms with E-state index in [1.54, 1.807) is 6.33 Å². The molecule has 0 bridgehead atoms. The average molecular weight is 390 g/mol. The van der Waals surface area contributed by atoms with E-state index in [2.05, 4.69) is 41.2 Å². The number of nitrogens with one attached hydrogen (secondary N) is 1. The maximum absolute atomic E-state index is 13.1. The molecule has 29 heavy (non-hydrogen) atoms. The molecule has 1 saturated heterocycles. The number of rotatable bonds is 1. The highest BCUT2D eigenvalue weighted by atomic mass is 16.5. The SMILES string of the molecule is CC1CCN(C(=O)N2CCOc3ccc(-c4ccc5nc[nH]c5c4)cc3C2)CC1. The molecule has 1 N–H and O–H groups in total. The number of fused-ring (bicyclic) bond motifs is 2. The summed E-state index contributed by atoms with van der Waals surface area (Å²) in [5.41, 5.74) is 5.27. The Morgan fingerprint density at radius 2 is 1.86 bits per heavy atom. The largest absolute Gasteiger partial charge is 0.491 e. The predicted octanol–water partition coefficient (Wildman–Crippen LogP) is 4.28. The highest BCUT2D eigenvalue weighted by Gasteiger charge is 2.27. The molecule has 3 aromatic rings. The first-order valence-electron chi connectivity index (χ1n) is 10.4. The highest BCUT2D eigenvalue weighted by molar-refractivity contribution is 5.82. The first kappa shape index (κ1) is 18.0. The molecule has 1 fully saturated rings. The monoisotopic (exact) mass is 390 g/mol. The van der Waals surface area contributed by atoms with Crippen LogP contribution in [-0.4, -0.2) is 52.0 Å². The van der Waals surface area contributed by atoms with Crippen LogP contribution in [0.4, 0.5) is 4.79 Å². The average Bonchev–Trinajstić information content (AvgIpc) is 3.11. The molecule has 0 radical (unpaired) electrons. The van der Waals surface area contributed by atoms with Gasteiger partial charge in [-0.1, -0.05) is 19.1 Å². The second-order valence-corrected chi connectivity index (χ2v) is 8.18. The molecule has 6 nitrogen and oxygen atoms in total. The van der Waals surface area contributed by atoms with Crippen LogP contribution in [0.2, 0.25) is 0 Å². The second kappa shape index (κ2) is 7.43. The summed E-state index contributed by atoms with van der Waals surface area (Å²) in [6.07, 6.45) is 3.89. The lowest BCUT2D eigenvalue weighted by Crippen LogP contribution is -2.46. The Hall–Kier alpha value is -3.02. The van der Waals surface area contributed by atoms with Crippen molar-refractivity contribution in [3.8, 4) is 16.9 Å². The minimum Gasteiger partial charge on any atom is -0.491 e. The van der Waals surface area contributed by atoms with Gasteiger partial charge in [0.1, 0.15) is 12.4 Å². The number of likely N-dealkylation sites (tertiary alicyclic amines) is 1. The number of benzene rings is 2. The van der Waals surface area contributed by atoms with E-state index in [4.69, 9.17) is 4.74 Å². The summed E-state index contributed by atoms with van der Waals surface area (Å²) >= 11 is 0. The fourth-order valence-electron chi connectivity index (χ4n) is 4.25. The van der Waals surface area contributed by atoms with Crippen molar-refractivity contribution in [3.05, 3.63) is 48.3 Å². The van der Waals surface area contributed by atoms with Gasteiger partial charge >= 0.3 is 6.03 Å². The number of amides is 2. The zero-order chi connectivity index (χ0) is 19.8. The van der Waals surface area contributed by atoms with E-state index in [-0.39, 0.29) is 6.03 Å². The van der Waals surface area contributed by atoms with Gasteiger partial charge in [0, 0.05) is 18.7 Å². The summed E-state index contributed by atoms with van der Waals surface area (Å²) < 4.78 is 5.95. The predicted molar refractivity (Wildman–Crippen MR) is 113 cm³/mol. The van der Waals surface area contributed by atoms with Gasteiger partial charge in [0.05, 0.1) is 30.5 Å². The molecule has 2 aromatic carbocycles. The third-order valence-corrected chi connectivity index (χ3v) is 6.12. The van der Waals surface area contributed by atoms with Crippen molar-refractivity contribution in [1.82, 2.24) is 19.8 Å². The van der Waals surface area contributed by atoms with Crippen LogP contribution in [0.3, 0.4) is 0 Å².